The van der Waals surface area contributed by atoms with Crippen molar-refractivity contribution in [1.82, 2.24) is 19.9 Å². The molecule has 0 aliphatic carbocycles. The van der Waals surface area contributed by atoms with Gasteiger partial charge >= 0.3 is 0 Å². The smallest absolute Gasteiger partial charge is 0.0878 e. The first kappa shape index (κ1) is 19.7. The predicted molar refractivity (Wildman–Crippen MR) is 132 cm³/mol. The van der Waals surface area contributed by atoms with Gasteiger partial charge in [-0.25, -0.2) is 4.98 Å². The molecule has 0 fully saturated rings. The Morgan fingerprint density at radius 3 is 1.71 bits per heavy atom. The molecule has 0 atom stereocenters. The number of H-pyrrole nitrogens is 3. The van der Waals surface area contributed by atoms with Gasteiger partial charge in [0.05, 0.1) is 16.9 Å². The van der Waals surface area contributed by atoms with Crippen LogP contribution in [0.25, 0.3) is 44.7 Å². The van der Waals surface area contributed by atoms with Crippen LogP contribution in [0.15, 0.2) is 48.5 Å². The van der Waals surface area contributed by atoms with Gasteiger partial charge in [-0.3, -0.25) is 0 Å². The molecule has 0 aromatic carbocycles. The molecule has 0 amide bonds. The summed E-state index contributed by atoms with van der Waals surface area (Å²) in [6, 6.07) is 17.2. The summed E-state index contributed by atoms with van der Waals surface area (Å²) in [7, 11) is 0. The molecule has 8 bridgehead atoms. The number of allylic oxidation sites excluding steroid dienone is 1. The monoisotopic (exact) mass is 410 g/mol. The molecule has 1 aliphatic heterocycles. The Hall–Kier alpha value is -3.27. The maximum Gasteiger partial charge on any atom is 0.0878 e. The fourth-order valence-corrected chi connectivity index (χ4v) is 4.30. The van der Waals surface area contributed by atoms with Gasteiger partial charge < -0.3 is 15.0 Å². The average Bonchev–Trinajstić information content (AvgIpc) is 3.41. The lowest BCUT2D eigenvalue weighted by Crippen LogP contribution is -2.10. The first-order valence-electron chi connectivity index (χ1n) is 10.9. The summed E-state index contributed by atoms with van der Waals surface area (Å²) in [5.74, 6) is 0. The standard InChI is InChI=1S/C27H30N4/c1-26(2,3)21-15-24-25-22(27(4,5)6)13-20(30-25)12-18-8-7-16(28-18)11-17-9-10-19(29-17)14-23(21)31-24/h7-15,28-30H,1-6H3. The molecular formula is C27H30N4. The average molecular weight is 411 g/mol. The van der Waals surface area contributed by atoms with Crippen molar-refractivity contribution in [3.05, 3.63) is 65.5 Å². The molecular weight excluding hydrogens is 380 g/mol. The number of hydrogen-bond donors (Lipinski definition) is 3. The maximum atomic E-state index is 5.12. The van der Waals surface area contributed by atoms with Crippen LogP contribution in [0.1, 0.15) is 58.5 Å². The largest absolute Gasteiger partial charge is 0.355 e. The molecule has 0 saturated heterocycles. The number of aromatic amines is 3. The highest BCUT2D eigenvalue weighted by molar-refractivity contribution is 5.92. The van der Waals surface area contributed by atoms with Crippen molar-refractivity contribution in [2.45, 2.75) is 47.0 Å². The van der Waals surface area contributed by atoms with E-state index in [0.717, 1.165) is 44.5 Å². The van der Waals surface area contributed by atoms with Crippen LogP contribution in [-0.2, 0) is 5.41 Å². The highest BCUT2D eigenvalue weighted by atomic mass is 14.8. The van der Waals surface area contributed by atoms with Gasteiger partial charge in [0, 0.05) is 27.6 Å². The van der Waals surface area contributed by atoms with Gasteiger partial charge in [0.1, 0.15) is 0 Å². The van der Waals surface area contributed by atoms with E-state index in [9.17, 15) is 0 Å². The summed E-state index contributed by atoms with van der Waals surface area (Å²) in [4.78, 5) is 15.8. The molecule has 0 spiro atoms. The van der Waals surface area contributed by atoms with Gasteiger partial charge in [-0.1, -0.05) is 41.5 Å². The second-order valence-corrected chi connectivity index (χ2v) is 10.6. The quantitative estimate of drug-likeness (QED) is 0.278. The van der Waals surface area contributed by atoms with Gasteiger partial charge in [-0.05, 0) is 76.6 Å². The zero-order chi connectivity index (χ0) is 22.0. The Bertz CT molecular complexity index is 1440. The molecule has 31 heavy (non-hydrogen) atoms. The van der Waals surface area contributed by atoms with E-state index >= 15 is 0 Å². The highest BCUT2D eigenvalue weighted by Crippen LogP contribution is 2.39. The van der Waals surface area contributed by atoms with Crippen molar-refractivity contribution in [3.63, 3.8) is 0 Å². The molecule has 0 radical (unpaired) electrons. The lowest BCUT2D eigenvalue weighted by atomic mass is 9.84. The number of aromatic nitrogens is 4. The Balaban J connectivity index is 1.95. The summed E-state index contributed by atoms with van der Waals surface area (Å²) < 4.78 is 0. The van der Waals surface area contributed by atoms with Gasteiger partial charge in [-0.15, -0.1) is 0 Å². The van der Waals surface area contributed by atoms with Crippen molar-refractivity contribution in [1.29, 1.82) is 0 Å². The van der Waals surface area contributed by atoms with Crippen LogP contribution in [0, 0.1) is 5.41 Å². The van der Waals surface area contributed by atoms with Gasteiger partial charge in [-0.2, -0.15) is 0 Å². The van der Waals surface area contributed by atoms with E-state index in [1.807, 2.05) is 0 Å². The lowest BCUT2D eigenvalue weighted by molar-refractivity contribution is 0.569. The third kappa shape index (κ3) is 3.67. The van der Waals surface area contributed by atoms with Crippen LogP contribution in [-0.4, -0.2) is 19.9 Å². The van der Waals surface area contributed by atoms with Crippen LogP contribution in [0.5, 0.6) is 0 Å². The second-order valence-electron chi connectivity index (χ2n) is 10.6. The predicted octanol–water partition coefficient (Wildman–Crippen LogP) is 7.41. The molecule has 4 nitrogen and oxygen atoms in total. The SMILES string of the molecule is CC(C)(C)C1=Cc2nc1cc1ccc(cc3ccc(cc4cc(C(C)(C)C)c2[nH]4)[nH]3)[nH]1. The Morgan fingerprint density at radius 1 is 0.613 bits per heavy atom. The molecule has 5 rings (SSSR count). The molecule has 1 aliphatic rings. The minimum absolute atomic E-state index is 0.00286. The van der Waals surface area contributed by atoms with E-state index in [4.69, 9.17) is 4.98 Å². The van der Waals surface area contributed by atoms with Gasteiger partial charge in [0.15, 0.2) is 0 Å². The van der Waals surface area contributed by atoms with Gasteiger partial charge in [0.2, 0.25) is 0 Å². The van der Waals surface area contributed by atoms with E-state index in [0.29, 0.717) is 0 Å². The van der Waals surface area contributed by atoms with Crippen LogP contribution >= 0.6 is 0 Å². The number of rotatable bonds is 0. The van der Waals surface area contributed by atoms with Crippen molar-refractivity contribution in [3.8, 4) is 0 Å². The zero-order valence-corrected chi connectivity index (χ0v) is 19.1. The Morgan fingerprint density at radius 2 is 1.16 bits per heavy atom. The Labute approximate surface area is 182 Å². The molecule has 0 saturated carbocycles. The van der Waals surface area contributed by atoms with E-state index in [2.05, 4.69) is 111 Å². The Kier molecular flexibility index (Phi) is 4.20. The first-order chi connectivity index (χ1) is 14.6. The third-order valence-electron chi connectivity index (χ3n) is 5.89. The topological polar surface area (TPSA) is 60.3 Å². The number of nitrogens with zero attached hydrogens (tertiary/aromatic N) is 1. The highest BCUT2D eigenvalue weighted by Gasteiger charge is 2.26. The fourth-order valence-electron chi connectivity index (χ4n) is 4.30. The normalized spacial score (nSPS) is 13.7. The second kappa shape index (κ2) is 6.61. The minimum atomic E-state index is -0.00777. The summed E-state index contributed by atoms with van der Waals surface area (Å²) in [6.45, 7) is 13.5. The fraction of sp³-hybridized carbons (Fsp3) is 0.296. The minimum Gasteiger partial charge on any atom is -0.355 e. The van der Waals surface area contributed by atoms with Crippen molar-refractivity contribution < 1.29 is 0 Å². The molecule has 0 unspecified atom stereocenters. The van der Waals surface area contributed by atoms with Crippen molar-refractivity contribution in [2.24, 2.45) is 5.41 Å². The summed E-state index contributed by atoms with van der Waals surface area (Å²) in [5, 5.41) is 0. The summed E-state index contributed by atoms with van der Waals surface area (Å²) in [6.07, 6.45) is 2.26. The molecule has 5 heterocycles. The van der Waals surface area contributed by atoms with Crippen LogP contribution < -0.4 is 0 Å². The molecule has 4 heteroatoms. The van der Waals surface area contributed by atoms with Crippen LogP contribution in [0.4, 0.5) is 0 Å². The molecule has 4 aromatic heterocycles. The van der Waals surface area contributed by atoms with E-state index in [1.54, 1.807) is 0 Å². The van der Waals surface area contributed by atoms with Crippen LogP contribution in [0.3, 0.4) is 0 Å². The summed E-state index contributed by atoms with van der Waals surface area (Å²) in [5.41, 5.74) is 11.0. The zero-order valence-electron chi connectivity index (χ0n) is 19.1. The number of fused-ring (bicyclic) bond motifs is 9. The molecule has 3 N–H and O–H groups in total. The molecule has 4 aromatic rings. The first-order valence-corrected chi connectivity index (χ1v) is 10.9. The van der Waals surface area contributed by atoms with E-state index in [-0.39, 0.29) is 10.8 Å². The van der Waals surface area contributed by atoms with Crippen molar-refractivity contribution >= 4 is 44.7 Å². The maximum absolute atomic E-state index is 5.12. The number of hydrogen-bond acceptors (Lipinski definition) is 1. The lowest BCUT2D eigenvalue weighted by Gasteiger charge is -2.19. The van der Waals surface area contributed by atoms with E-state index in [1.165, 1.54) is 11.1 Å². The summed E-state index contributed by atoms with van der Waals surface area (Å²) >= 11 is 0. The molecule has 158 valence electrons. The van der Waals surface area contributed by atoms with E-state index < -0.39 is 0 Å². The van der Waals surface area contributed by atoms with Gasteiger partial charge in [0.25, 0.3) is 0 Å². The third-order valence-corrected chi connectivity index (χ3v) is 5.89. The van der Waals surface area contributed by atoms with Crippen molar-refractivity contribution in [2.75, 3.05) is 0 Å². The van der Waals surface area contributed by atoms with Crippen LogP contribution in [0.2, 0.25) is 0 Å². The number of nitrogens with one attached hydrogen (secondary N) is 3.